The summed E-state index contributed by atoms with van der Waals surface area (Å²) in [6.45, 7) is 2.47. The Morgan fingerprint density at radius 3 is 2.27 bits per heavy atom. The van der Waals surface area contributed by atoms with Crippen LogP contribution >= 0.6 is 27.3 Å². The van der Waals surface area contributed by atoms with Gasteiger partial charge >= 0.3 is 0 Å². The fourth-order valence-corrected chi connectivity index (χ4v) is 3.12. The minimum atomic E-state index is 0.950. The molecule has 15 heavy (non-hydrogen) atoms. The third kappa shape index (κ3) is 2.72. The summed E-state index contributed by atoms with van der Waals surface area (Å²) in [5.41, 5.74) is 0. The van der Waals surface area contributed by atoms with Gasteiger partial charge in [-0.3, -0.25) is 0 Å². The van der Waals surface area contributed by atoms with Gasteiger partial charge in [0.05, 0.1) is 0 Å². The Morgan fingerprint density at radius 2 is 1.87 bits per heavy atom. The van der Waals surface area contributed by atoms with E-state index in [1.54, 1.807) is 11.3 Å². The van der Waals surface area contributed by atoms with Crippen LogP contribution in [0.2, 0.25) is 0 Å². The number of rotatable bonds is 5. The molecule has 0 aliphatic heterocycles. The number of aromatic nitrogens is 1. The molecule has 0 radical (unpaired) electrons. The van der Waals surface area contributed by atoms with E-state index in [0.717, 1.165) is 16.4 Å². The predicted molar refractivity (Wildman–Crippen MR) is 67.5 cm³/mol. The second-order valence-corrected chi connectivity index (χ2v) is 6.39. The van der Waals surface area contributed by atoms with E-state index in [1.807, 2.05) is 0 Å². The summed E-state index contributed by atoms with van der Waals surface area (Å²) in [5, 5.41) is 3.29. The van der Waals surface area contributed by atoms with Gasteiger partial charge in [-0.2, -0.15) is 0 Å². The van der Waals surface area contributed by atoms with Gasteiger partial charge in [-0.05, 0) is 53.4 Å². The van der Waals surface area contributed by atoms with Crippen molar-refractivity contribution in [3.8, 4) is 0 Å². The van der Waals surface area contributed by atoms with Crippen molar-refractivity contribution in [1.82, 2.24) is 4.98 Å². The zero-order chi connectivity index (χ0) is 10.3. The van der Waals surface area contributed by atoms with Gasteiger partial charge in [0.25, 0.3) is 0 Å². The molecule has 2 aliphatic carbocycles. The zero-order valence-corrected chi connectivity index (χ0v) is 11.1. The lowest BCUT2D eigenvalue weighted by atomic mass is 10.3. The third-order valence-corrected chi connectivity index (χ3v) is 4.70. The first-order chi connectivity index (χ1) is 7.31. The van der Waals surface area contributed by atoms with Crippen LogP contribution in [0.15, 0.2) is 9.98 Å². The molecule has 2 nitrogen and oxygen atoms in total. The molecular formula is C11H15BrN2S. The highest BCUT2D eigenvalue weighted by Gasteiger charge is 2.30. The van der Waals surface area contributed by atoms with Crippen LogP contribution in [0.4, 0.5) is 5.13 Å². The van der Waals surface area contributed by atoms with Crippen LogP contribution in [-0.4, -0.2) is 18.1 Å². The Morgan fingerprint density at radius 1 is 1.27 bits per heavy atom. The Hall–Kier alpha value is -0.0900. The Bertz CT molecular complexity index is 330. The normalized spacial score (nSPS) is 20.6. The van der Waals surface area contributed by atoms with Crippen molar-refractivity contribution in [2.45, 2.75) is 25.7 Å². The minimum Gasteiger partial charge on any atom is -0.348 e. The highest BCUT2D eigenvalue weighted by Crippen LogP contribution is 2.36. The fraction of sp³-hybridized carbons (Fsp3) is 0.727. The molecule has 2 aliphatic rings. The SMILES string of the molecule is Brc1csc(N(CC2CC2)CC2CC2)n1. The van der Waals surface area contributed by atoms with Crippen molar-refractivity contribution >= 4 is 32.4 Å². The van der Waals surface area contributed by atoms with Crippen LogP contribution in [0, 0.1) is 11.8 Å². The average Bonchev–Trinajstić information content (AvgIpc) is 3.11. The van der Waals surface area contributed by atoms with E-state index in [1.165, 1.54) is 43.9 Å². The quantitative estimate of drug-likeness (QED) is 0.823. The van der Waals surface area contributed by atoms with Crippen molar-refractivity contribution in [3.05, 3.63) is 9.98 Å². The summed E-state index contributed by atoms with van der Waals surface area (Å²) in [6, 6.07) is 0. The van der Waals surface area contributed by atoms with Crippen LogP contribution in [0.5, 0.6) is 0 Å². The highest BCUT2D eigenvalue weighted by atomic mass is 79.9. The first-order valence-electron chi connectivity index (χ1n) is 5.67. The second kappa shape index (κ2) is 4.06. The number of hydrogen-bond acceptors (Lipinski definition) is 3. The molecule has 0 atom stereocenters. The molecule has 1 aromatic rings. The third-order valence-electron chi connectivity index (χ3n) is 3.09. The van der Waals surface area contributed by atoms with Gasteiger partial charge in [0.1, 0.15) is 4.60 Å². The van der Waals surface area contributed by atoms with Crippen molar-refractivity contribution in [2.75, 3.05) is 18.0 Å². The minimum absolute atomic E-state index is 0.950. The summed E-state index contributed by atoms with van der Waals surface area (Å²) in [4.78, 5) is 7.04. The first kappa shape index (κ1) is 10.1. The topological polar surface area (TPSA) is 16.1 Å². The highest BCUT2D eigenvalue weighted by molar-refractivity contribution is 9.10. The molecule has 0 N–H and O–H groups in total. The van der Waals surface area contributed by atoms with Gasteiger partial charge in [-0.25, -0.2) is 4.98 Å². The van der Waals surface area contributed by atoms with E-state index in [9.17, 15) is 0 Å². The van der Waals surface area contributed by atoms with Crippen LogP contribution in [0.25, 0.3) is 0 Å². The van der Waals surface area contributed by atoms with Crippen molar-refractivity contribution in [1.29, 1.82) is 0 Å². The summed E-state index contributed by atoms with van der Waals surface area (Å²) < 4.78 is 0.985. The molecule has 2 saturated carbocycles. The van der Waals surface area contributed by atoms with Gasteiger partial charge in [-0.15, -0.1) is 11.3 Å². The number of nitrogens with zero attached hydrogens (tertiary/aromatic N) is 2. The molecule has 0 spiro atoms. The fourth-order valence-electron chi connectivity index (χ4n) is 1.85. The van der Waals surface area contributed by atoms with Gasteiger partial charge in [0, 0.05) is 18.5 Å². The molecule has 82 valence electrons. The Balaban J connectivity index is 1.68. The van der Waals surface area contributed by atoms with Crippen LogP contribution in [-0.2, 0) is 0 Å². The maximum Gasteiger partial charge on any atom is 0.186 e. The molecule has 1 aromatic heterocycles. The number of thiazole rings is 1. The van der Waals surface area contributed by atoms with E-state index in [-0.39, 0.29) is 0 Å². The van der Waals surface area contributed by atoms with E-state index in [4.69, 9.17) is 0 Å². The lowest BCUT2D eigenvalue weighted by Crippen LogP contribution is -2.27. The van der Waals surface area contributed by atoms with Gasteiger partial charge in [0.2, 0.25) is 0 Å². The van der Waals surface area contributed by atoms with Gasteiger partial charge < -0.3 is 4.90 Å². The molecule has 0 saturated heterocycles. The monoisotopic (exact) mass is 286 g/mol. The molecule has 0 bridgehead atoms. The van der Waals surface area contributed by atoms with Crippen molar-refractivity contribution in [3.63, 3.8) is 0 Å². The number of anilines is 1. The summed E-state index contributed by atoms with van der Waals surface area (Å²) in [5.74, 6) is 1.90. The Kier molecular flexibility index (Phi) is 2.73. The average molecular weight is 287 g/mol. The first-order valence-corrected chi connectivity index (χ1v) is 7.34. The standard InChI is InChI=1S/C11H15BrN2S/c12-10-7-15-11(13-10)14(5-8-1-2-8)6-9-3-4-9/h7-9H,1-6H2. The summed E-state index contributed by atoms with van der Waals surface area (Å²) in [7, 11) is 0. The number of halogens is 1. The van der Waals surface area contributed by atoms with E-state index < -0.39 is 0 Å². The van der Waals surface area contributed by atoms with Crippen molar-refractivity contribution < 1.29 is 0 Å². The van der Waals surface area contributed by atoms with Crippen LogP contribution < -0.4 is 4.90 Å². The van der Waals surface area contributed by atoms with E-state index in [0.29, 0.717) is 0 Å². The molecule has 4 heteroatoms. The molecule has 3 rings (SSSR count). The Labute approximate surface area is 103 Å². The van der Waals surface area contributed by atoms with Gasteiger partial charge in [0.15, 0.2) is 5.13 Å². The maximum absolute atomic E-state index is 4.53. The van der Waals surface area contributed by atoms with Crippen LogP contribution in [0.3, 0.4) is 0 Å². The summed E-state index contributed by atoms with van der Waals surface area (Å²) in [6.07, 6.45) is 5.70. The molecule has 1 heterocycles. The smallest absolute Gasteiger partial charge is 0.186 e. The molecule has 0 aromatic carbocycles. The largest absolute Gasteiger partial charge is 0.348 e. The zero-order valence-electron chi connectivity index (χ0n) is 8.66. The molecule has 2 fully saturated rings. The second-order valence-electron chi connectivity index (χ2n) is 4.74. The van der Waals surface area contributed by atoms with Crippen molar-refractivity contribution in [2.24, 2.45) is 11.8 Å². The maximum atomic E-state index is 4.53. The molecule has 0 amide bonds. The summed E-state index contributed by atoms with van der Waals surface area (Å²) >= 11 is 5.20. The van der Waals surface area contributed by atoms with Crippen LogP contribution in [0.1, 0.15) is 25.7 Å². The number of hydrogen-bond donors (Lipinski definition) is 0. The molecular weight excluding hydrogens is 272 g/mol. The van der Waals surface area contributed by atoms with E-state index in [2.05, 4.69) is 31.2 Å². The predicted octanol–water partition coefficient (Wildman–Crippen LogP) is 3.53. The lowest BCUT2D eigenvalue weighted by molar-refractivity contribution is 0.677. The lowest BCUT2D eigenvalue weighted by Gasteiger charge is -2.21. The van der Waals surface area contributed by atoms with Gasteiger partial charge in [-0.1, -0.05) is 0 Å². The van der Waals surface area contributed by atoms with E-state index >= 15 is 0 Å². The molecule has 0 unspecified atom stereocenters.